The summed E-state index contributed by atoms with van der Waals surface area (Å²) in [7, 11) is 0. The molecule has 1 N–H and O–H groups in total. The maximum Gasteiger partial charge on any atom is 0.306 e. The highest BCUT2D eigenvalue weighted by Crippen LogP contribution is 2.17. The van der Waals surface area contributed by atoms with Crippen molar-refractivity contribution in [1.29, 1.82) is 0 Å². The van der Waals surface area contributed by atoms with Crippen LogP contribution in [0.4, 0.5) is 0 Å². The number of ether oxygens (including phenoxy) is 3. The molecule has 0 radical (unpaired) electrons. The number of esters is 3. The Morgan fingerprint density at radius 3 is 0.868 bits per heavy atom. The Balaban J connectivity index is 4.86. The quantitative estimate of drug-likeness (QED) is 0.0358. The second-order valence-electron chi connectivity index (χ2n) is 20.2. The van der Waals surface area contributed by atoms with E-state index in [1.807, 2.05) is 0 Å². The summed E-state index contributed by atoms with van der Waals surface area (Å²) in [4.78, 5) is 53.8. The van der Waals surface area contributed by atoms with Gasteiger partial charge in [-0.05, 0) is 148 Å². The summed E-state index contributed by atoms with van der Waals surface area (Å²) in [6.07, 6.45) is 40.0. The van der Waals surface area contributed by atoms with E-state index >= 15 is 0 Å². The first kappa shape index (κ1) is 65.8. The van der Waals surface area contributed by atoms with E-state index in [1.165, 1.54) is 77.0 Å². The zero-order valence-corrected chi connectivity index (χ0v) is 45.8. The standard InChI is InChI=1S/C58H112N2O8/c1-7-13-28-39-52(10-4)66-56(63)43-31-22-16-19-25-34-46-59(47-35-26-20-17-23-32-44-57(64)67-53(11-5)40-29-14-8-2)50-38-51-60(49-37-42-55(61)62)48-36-27-21-18-24-33-45-58(65)68-54(12-6)41-30-15-9-3/h52-54H,7-51H2,1-6H3,(H,61,62). The SMILES string of the molecule is CCCCCC(CC)OC(=O)CCCCCCCCN(CCCCCCCCC(=O)OC(CC)CCCCC)CCCN(CCCCCCCCC(=O)OC(CC)CCCCC)CCCC(=O)O. The van der Waals surface area contributed by atoms with Crippen LogP contribution in [0.3, 0.4) is 0 Å². The molecule has 0 amide bonds. The van der Waals surface area contributed by atoms with Gasteiger partial charge in [0.2, 0.25) is 0 Å². The van der Waals surface area contributed by atoms with E-state index in [9.17, 15) is 24.3 Å². The van der Waals surface area contributed by atoms with Crippen molar-refractivity contribution in [3.63, 3.8) is 0 Å². The molecule has 0 aromatic carbocycles. The van der Waals surface area contributed by atoms with E-state index < -0.39 is 5.97 Å². The first-order valence-electron chi connectivity index (χ1n) is 29.4. The van der Waals surface area contributed by atoms with Crippen molar-refractivity contribution in [1.82, 2.24) is 9.80 Å². The fraction of sp³-hybridized carbons (Fsp3) is 0.931. The molecule has 0 saturated carbocycles. The molecular weight excluding hydrogens is 853 g/mol. The summed E-state index contributed by atoms with van der Waals surface area (Å²) in [5.74, 6) is -0.806. The number of carboxylic acid groups (broad SMARTS) is 1. The van der Waals surface area contributed by atoms with Crippen molar-refractivity contribution in [3.8, 4) is 0 Å². The van der Waals surface area contributed by atoms with E-state index in [0.29, 0.717) is 25.7 Å². The maximum absolute atomic E-state index is 12.4. The molecule has 0 spiro atoms. The summed E-state index contributed by atoms with van der Waals surface area (Å²) >= 11 is 0. The number of unbranched alkanes of at least 4 members (excludes halogenated alkanes) is 21. The van der Waals surface area contributed by atoms with Crippen molar-refractivity contribution in [2.75, 3.05) is 39.3 Å². The third-order valence-corrected chi connectivity index (χ3v) is 13.8. The number of carbonyl (C=O) groups is 4. The van der Waals surface area contributed by atoms with Crippen LogP contribution in [-0.2, 0) is 33.4 Å². The molecule has 0 saturated heterocycles. The molecule has 402 valence electrons. The van der Waals surface area contributed by atoms with Gasteiger partial charge in [0.25, 0.3) is 0 Å². The minimum atomic E-state index is -0.719. The number of rotatable bonds is 53. The Labute approximate surface area is 420 Å². The van der Waals surface area contributed by atoms with Gasteiger partial charge in [-0.1, -0.05) is 157 Å². The molecule has 68 heavy (non-hydrogen) atoms. The number of carboxylic acids is 1. The Morgan fingerprint density at radius 1 is 0.324 bits per heavy atom. The van der Waals surface area contributed by atoms with Crippen LogP contribution >= 0.6 is 0 Å². The normalized spacial score (nSPS) is 12.9. The monoisotopic (exact) mass is 965 g/mol. The second-order valence-corrected chi connectivity index (χ2v) is 20.2. The minimum Gasteiger partial charge on any atom is -0.481 e. The Kier molecular flexibility index (Phi) is 48.2. The number of carbonyl (C=O) groups excluding carboxylic acids is 3. The lowest BCUT2D eigenvalue weighted by Crippen LogP contribution is -2.32. The van der Waals surface area contributed by atoms with E-state index in [1.54, 1.807) is 0 Å². The number of nitrogens with zero attached hydrogens (tertiary/aromatic N) is 2. The van der Waals surface area contributed by atoms with Crippen LogP contribution in [0.1, 0.15) is 292 Å². The van der Waals surface area contributed by atoms with Gasteiger partial charge in [-0.2, -0.15) is 0 Å². The molecule has 0 aliphatic carbocycles. The summed E-state index contributed by atoms with van der Waals surface area (Å²) < 4.78 is 17.3. The lowest BCUT2D eigenvalue weighted by Gasteiger charge is -2.26. The van der Waals surface area contributed by atoms with Crippen LogP contribution in [0.2, 0.25) is 0 Å². The molecule has 10 heteroatoms. The molecule has 3 atom stereocenters. The highest BCUT2D eigenvalue weighted by Gasteiger charge is 2.15. The largest absolute Gasteiger partial charge is 0.481 e. The van der Waals surface area contributed by atoms with Gasteiger partial charge >= 0.3 is 23.9 Å². The molecular formula is C58H112N2O8. The Morgan fingerprint density at radius 2 is 0.588 bits per heavy atom. The van der Waals surface area contributed by atoms with Gasteiger partial charge in [0, 0.05) is 25.7 Å². The zero-order valence-electron chi connectivity index (χ0n) is 45.8. The van der Waals surface area contributed by atoms with Crippen molar-refractivity contribution < 1.29 is 38.5 Å². The molecule has 10 nitrogen and oxygen atoms in total. The molecule has 0 bridgehead atoms. The first-order valence-corrected chi connectivity index (χ1v) is 29.4. The highest BCUT2D eigenvalue weighted by molar-refractivity contribution is 5.70. The highest BCUT2D eigenvalue weighted by atomic mass is 16.6. The summed E-state index contributed by atoms with van der Waals surface area (Å²) in [6.45, 7) is 19.0. The van der Waals surface area contributed by atoms with Crippen LogP contribution in [-0.4, -0.2) is 96.4 Å². The lowest BCUT2D eigenvalue weighted by atomic mass is 10.1. The summed E-state index contributed by atoms with van der Waals surface area (Å²) in [5.41, 5.74) is 0. The fourth-order valence-electron chi connectivity index (χ4n) is 9.22. The van der Waals surface area contributed by atoms with Crippen LogP contribution in [0.25, 0.3) is 0 Å². The van der Waals surface area contributed by atoms with E-state index in [4.69, 9.17) is 14.2 Å². The average molecular weight is 966 g/mol. The molecule has 0 aliphatic rings. The summed E-state index contributed by atoms with van der Waals surface area (Å²) in [6, 6.07) is 0. The van der Waals surface area contributed by atoms with Gasteiger partial charge in [-0.25, -0.2) is 0 Å². The molecule has 0 heterocycles. The molecule has 0 fully saturated rings. The van der Waals surface area contributed by atoms with Gasteiger partial charge < -0.3 is 29.1 Å². The molecule has 3 unspecified atom stereocenters. The third kappa shape index (κ3) is 43.8. The summed E-state index contributed by atoms with van der Waals surface area (Å²) in [5, 5.41) is 9.34. The lowest BCUT2D eigenvalue weighted by molar-refractivity contribution is -0.150. The van der Waals surface area contributed by atoms with Gasteiger partial charge in [0.15, 0.2) is 0 Å². The predicted molar refractivity (Wildman–Crippen MR) is 284 cm³/mol. The van der Waals surface area contributed by atoms with Gasteiger partial charge in [-0.15, -0.1) is 0 Å². The van der Waals surface area contributed by atoms with E-state index in [2.05, 4.69) is 51.3 Å². The van der Waals surface area contributed by atoms with Crippen molar-refractivity contribution in [3.05, 3.63) is 0 Å². The van der Waals surface area contributed by atoms with Gasteiger partial charge in [0.05, 0.1) is 0 Å². The third-order valence-electron chi connectivity index (χ3n) is 13.8. The van der Waals surface area contributed by atoms with E-state index in [-0.39, 0.29) is 42.6 Å². The minimum absolute atomic E-state index is 0.0247. The van der Waals surface area contributed by atoms with Gasteiger partial charge in [-0.3, -0.25) is 19.2 Å². The van der Waals surface area contributed by atoms with E-state index in [0.717, 1.165) is 181 Å². The van der Waals surface area contributed by atoms with Crippen LogP contribution < -0.4 is 0 Å². The van der Waals surface area contributed by atoms with Crippen LogP contribution in [0, 0.1) is 0 Å². The van der Waals surface area contributed by atoms with Crippen LogP contribution in [0.15, 0.2) is 0 Å². The van der Waals surface area contributed by atoms with Crippen LogP contribution in [0.5, 0.6) is 0 Å². The molecule has 0 aliphatic heterocycles. The van der Waals surface area contributed by atoms with Crippen molar-refractivity contribution in [2.24, 2.45) is 0 Å². The zero-order chi connectivity index (χ0) is 50.1. The number of aliphatic carboxylic acids is 1. The molecule has 0 aromatic heterocycles. The smallest absolute Gasteiger partial charge is 0.306 e. The Bertz CT molecular complexity index is 1110. The first-order chi connectivity index (χ1) is 33.1. The average Bonchev–Trinajstić information content (AvgIpc) is 3.32. The van der Waals surface area contributed by atoms with Crippen molar-refractivity contribution in [2.45, 2.75) is 310 Å². The molecule has 0 aromatic rings. The molecule has 0 rings (SSSR count). The Hall–Kier alpha value is -2.20. The maximum atomic E-state index is 12.4. The fourth-order valence-corrected chi connectivity index (χ4v) is 9.22. The predicted octanol–water partition coefficient (Wildman–Crippen LogP) is 15.7. The number of hydrogen-bond donors (Lipinski definition) is 1. The second kappa shape index (κ2) is 49.8. The topological polar surface area (TPSA) is 123 Å². The van der Waals surface area contributed by atoms with Crippen molar-refractivity contribution >= 4 is 23.9 Å². The van der Waals surface area contributed by atoms with Gasteiger partial charge in [0.1, 0.15) is 18.3 Å². The number of hydrogen-bond acceptors (Lipinski definition) is 9.